The lowest BCUT2D eigenvalue weighted by atomic mass is 10.1. The highest BCUT2D eigenvalue weighted by Gasteiger charge is 2.09. The molecular weight excluding hydrogens is 196 g/mol. The fraction of sp³-hybridized carbons (Fsp3) is 1.00. The Kier molecular flexibility index (Phi) is 11.3. The third kappa shape index (κ3) is 8.12. The van der Waals surface area contributed by atoms with Gasteiger partial charge in [-0.2, -0.15) is 0 Å². The molecule has 0 unspecified atom stereocenters. The van der Waals surface area contributed by atoms with Gasteiger partial charge in [-0.3, -0.25) is 10.9 Å². The molecule has 0 fully saturated rings. The van der Waals surface area contributed by atoms with Gasteiger partial charge in [-0.25, -0.2) is 0 Å². The van der Waals surface area contributed by atoms with Gasteiger partial charge in [-0.05, 0) is 25.7 Å². The highest BCUT2D eigenvalue weighted by molar-refractivity contribution is 4.68. The first-order valence-electron chi connectivity index (χ1n) is 7.29. The highest BCUT2D eigenvalue weighted by Crippen LogP contribution is 2.06. The van der Waals surface area contributed by atoms with Crippen LogP contribution in [-0.4, -0.2) is 12.1 Å². The van der Waals surface area contributed by atoms with Crippen molar-refractivity contribution in [1.82, 2.24) is 10.9 Å². The van der Waals surface area contributed by atoms with Crippen LogP contribution in [0.4, 0.5) is 0 Å². The zero-order valence-electron chi connectivity index (χ0n) is 11.8. The molecule has 98 valence electrons. The van der Waals surface area contributed by atoms with Crippen molar-refractivity contribution in [3.05, 3.63) is 0 Å². The fourth-order valence-corrected chi connectivity index (χ4v) is 2.21. The monoisotopic (exact) mass is 228 g/mol. The Bertz CT molecular complexity index is 109. The minimum Gasteiger partial charge on any atom is -0.255 e. The molecule has 0 radical (unpaired) electrons. The standard InChI is InChI=1S/C14H32N2/c1-5-9-13(10-6-2)15-16-14(11-7-3)12-8-4/h13-16H,5-12H2,1-4H3. The number of hydrogen-bond donors (Lipinski definition) is 2. The molecule has 0 aromatic heterocycles. The van der Waals surface area contributed by atoms with Gasteiger partial charge in [-0.1, -0.05) is 53.4 Å². The summed E-state index contributed by atoms with van der Waals surface area (Å²) in [6.45, 7) is 9.06. The van der Waals surface area contributed by atoms with Crippen LogP contribution < -0.4 is 10.9 Å². The Balaban J connectivity index is 3.83. The first-order valence-corrected chi connectivity index (χ1v) is 7.29. The average molecular weight is 228 g/mol. The maximum absolute atomic E-state index is 3.54. The maximum atomic E-state index is 3.54. The zero-order valence-corrected chi connectivity index (χ0v) is 11.8. The van der Waals surface area contributed by atoms with E-state index in [4.69, 9.17) is 0 Å². The van der Waals surface area contributed by atoms with E-state index in [0.717, 1.165) is 0 Å². The van der Waals surface area contributed by atoms with Crippen molar-refractivity contribution in [2.75, 3.05) is 0 Å². The molecule has 2 nitrogen and oxygen atoms in total. The van der Waals surface area contributed by atoms with Crippen LogP contribution in [-0.2, 0) is 0 Å². The second kappa shape index (κ2) is 11.4. The van der Waals surface area contributed by atoms with Crippen molar-refractivity contribution in [1.29, 1.82) is 0 Å². The van der Waals surface area contributed by atoms with Crippen LogP contribution in [0.1, 0.15) is 79.1 Å². The van der Waals surface area contributed by atoms with Crippen LogP contribution in [0.2, 0.25) is 0 Å². The van der Waals surface area contributed by atoms with Crippen LogP contribution in [0.5, 0.6) is 0 Å². The minimum absolute atomic E-state index is 0.659. The summed E-state index contributed by atoms with van der Waals surface area (Å²) < 4.78 is 0. The number of nitrogens with one attached hydrogen (secondary N) is 2. The van der Waals surface area contributed by atoms with Crippen molar-refractivity contribution in [2.45, 2.75) is 91.1 Å². The van der Waals surface area contributed by atoms with E-state index < -0.39 is 0 Å². The molecule has 0 saturated heterocycles. The quantitative estimate of drug-likeness (QED) is 0.522. The minimum atomic E-state index is 0.659. The second-order valence-electron chi connectivity index (χ2n) is 4.84. The summed E-state index contributed by atoms with van der Waals surface area (Å²) in [6.07, 6.45) is 10.2. The van der Waals surface area contributed by atoms with Gasteiger partial charge in [0.25, 0.3) is 0 Å². The molecular formula is C14H32N2. The van der Waals surface area contributed by atoms with Gasteiger partial charge in [0.15, 0.2) is 0 Å². The van der Waals surface area contributed by atoms with Gasteiger partial charge >= 0.3 is 0 Å². The maximum Gasteiger partial charge on any atom is 0.0212 e. The molecule has 2 N–H and O–H groups in total. The van der Waals surface area contributed by atoms with E-state index in [9.17, 15) is 0 Å². The number of rotatable bonds is 11. The van der Waals surface area contributed by atoms with Gasteiger partial charge in [0.2, 0.25) is 0 Å². The van der Waals surface area contributed by atoms with Crippen molar-refractivity contribution >= 4 is 0 Å². The van der Waals surface area contributed by atoms with E-state index in [1.54, 1.807) is 0 Å². The Hall–Kier alpha value is -0.0800. The molecule has 0 aliphatic rings. The molecule has 0 atom stereocenters. The Morgan fingerprint density at radius 2 is 0.812 bits per heavy atom. The van der Waals surface area contributed by atoms with E-state index in [2.05, 4.69) is 38.5 Å². The average Bonchev–Trinajstić information content (AvgIpc) is 2.27. The van der Waals surface area contributed by atoms with Crippen LogP contribution >= 0.6 is 0 Å². The third-order valence-corrected chi connectivity index (χ3v) is 3.04. The van der Waals surface area contributed by atoms with Crippen LogP contribution in [0.15, 0.2) is 0 Å². The summed E-state index contributed by atoms with van der Waals surface area (Å²) in [5, 5.41) is 0. The van der Waals surface area contributed by atoms with Crippen molar-refractivity contribution in [2.24, 2.45) is 0 Å². The third-order valence-electron chi connectivity index (χ3n) is 3.04. The van der Waals surface area contributed by atoms with Gasteiger partial charge in [0, 0.05) is 12.1 Å². The van der Waals surface area contributed by atoms with Gasteiger partial charge < -0.3 is 0 Å². The Morgan fingerprint density at radius 1 is 0.562 bits per heavy atom. The molecule has 0 rings (SSSR count). The predicted molar refractivity (Wildman–Crippen MR) is 73.5 cm³/mol. The smallest absolute Gasteiger partial charge is 0.0212 e. The predicted octanol–water partition coefficient (Wildman–Crippen LogP) is 4.02. The molecule has 0 amide bonds. The van der Waals surface area contributed by atoms with E-state index in [0.29, 0.717) is 12.1 Å². The number of hydrogen-bond acceptors (Lipinski definition) is 2. The molecule has 16 heavy (non-hydrogen) atoms. The van der Waals surface area contributed by atoms with E-state index in [1.807, 2.05) is 0 Å². The summed E-state index contributed by atoms with van der Waals surface area (Å²) in [7, 11) is 0. The molecule has 0 aliphatic carbocycles. The molecule has 0 heterocycles. The van der Waals surface area contributed by atoms with Gasteiger partial charge in [0.05, 0.1) is 0 Å². The zero-order chi connectivity index (χ0) is 12.2. The molecule has 0 aliphatic heterocycles. The lowest BCUT2D eigenvalue weighted by Crippen LogP contribution is -2.46. The van der Waals surface area contributed by atoms with Crippen molar-refractivity contribution in [3.63, 3.8) is 0 Å². The molecule has 0 bridgehead atoms. The first-order chi connectivity index (χ1) is 7.78. The summed E-state index contributed by atoms with van der Waals surface area (Å²) in [4.78, 5) is 0. The first kappa shape index (κ1) is 15.9. The lowest BCUT2D eigenvalue weighted by molar-refractivity contribution is 0.319. The molecule has 0 aromatic rings. The van der Waals surface area contributed by atoms with Gasteiger partial charge in [0.1, 0.15) is 0 Å². The lowest BCUT2D eigenvalue weighted by Gasteiger charge is -2.23. The largest absolute Gasteiger partial charge is 0.255 e. The van der Waals surface area contributed by atoms with Gasteiger partial charge in [-0.15, -0.1) is 0 Å². The molecule has 0 aromatic carbocycles. The van der Waals surface area contributed by atoms with E-state index in [1.165, 1.54) is 51.4 Å². The van der Waals surface area contributed by atoms with E-state index >= 15 is 0 Å². The normalized spacial score (nSPS) is 11.6. The summed E-state index contributed by atoms with van der Waals surface area (Å²) in [5.41, 5.74) is 7.08. The second-order valence-corrected chi connectivity index (χ2v) is 4.84. The van der Waals surface area contributed by atoms with Crippen LogP contribution in [0.3, 0.4) is 0 Å². The number of hydrazine groups is 1. The SMILES string of the molecule is CCCC(CCC)NNC(CCC)CCC. The molecule has 0 saturated carbocycles. The topological polar surface area (TPSA) is 24.1 Å². The van der Waals surface area contributed by atoms with Crippen molar-refractivity contribution < 1.29 is 0 Å². The summed E-state index contributed by atoms with van der Waals surface area (Å²) >= 11 is 0. The molecule has 0 spiro atoms. The Labute approximate surface area is 103 Å². The fourth-order valence-electron chi connectivity index (χ4n) is 2.21. The Morgan fingerprint density at radius 3 is 1.00 bits per heavy atom. The van der Waals surface area contributed by atoms with Crippen LogP contribution in [0, 0.1) is 0 Å². The van der Waals surface area contributed by atoms with Crippen LogP contribution in [0.25, 0.3) is 0 Å². The van der Waals surface area contributed by atoms with Crippen molar-refractivity contribution in [3.8, 4) is 0 Å². The summed E-state index contributed by atoms with van der Waals surface area (Å²) in [5.74, 6) is 0. The highest BCUT2D eigenvalue weighted by atomic mass is 15.4. The molecule has 2 heteroatoms. The van der Waals surface area contributed by atoms with E-state index in [-0.39, 0.29) is 0 Å². The summed E-state index contributed by atoms with van der Waals surface area (Å²) in [6, 6.07) is 1.32.